The Labute approximate surface area is 123 Å². The Bertz CT molecular complexity index is 450. The van der Waals surface area contributed by atoms with E-state index in [0.29, 0.717) is 6.04 Å². The smallest absolute Gasteiger partial charge is 0.0320 e. The third kappa shape index (κ3) is 3.05. The van der Waals surface area contributed by atoms with Crippen LogP contribution >= 0.6 is 0 Å². The maximum absolute atomic E-state index is 3.61. The van der Waals surface area contributed by atoms with Crippen molar-refractivity contribution in [3.8, 4) is 0 Å². The van der Waals surface area contributed by atoms with Gasteiger partial charge in [-0.25, -0.2) is 0 Å². The van der Waals surface area contributed by atoms with E-state index in [-0.39, 0.29) is 0 Å². The monoisotopic (exact) mass is 273 g/mol. The minimum absolute atomic E-state index is 0.566. The molecule has 2 aliphatic heterocycles. The lowest BCUT2D eigenvalue weighted by molar-refractivity contribution is 0.148. The summed E-state index contributed by atoms with van der Waals surface area (Å²) in [6.45, 7) is 9.32. The number of rotatable bonds is 3. The van der Waals surface area contributed by atoms with Crippen molar-refractivity contribution in [3.63, 3.8) is 0 Å². The van der Waals surface area contributed by atoms with Crippen LogP contribution < -0.4 is 5.32 Å². The van der Waals surface area contributed by atoms with E-state index in [0.717, 1.165) is 13.1 Å². The summed E-state index contributed by atoms with van der Waals surface area (Å²) in [5.41, 5.74) is 4.59. The molecule has 1 fully saturated rings. The van der Waals surface area contributed by atoms with E-state index in [9.17, 15) is 0 Å². The minimum atomic E-state index is 0.566. The van der Waals surface area contributed by atoms with E-state index < -0.39 is 0 Å². The van der Waals surface area contributed by atoms with Gasteiger partial charge >= 0.3 is 0 Å². The minimum Gasteiger partial charge on any atom is -0.310 e. The van der Waals surface area contributed by atoms with Crippen molar-refractivity contribution in [1.29, 1.82) is 0 Å². The van der Waals surface area contributed by atoms with Crippen LogP contribution in [0.2, 0.25) is 0 Å². The van der Waals surface area contributed by atoms with Gasteiger partial charge in [-0.05, 0) is 43.1 Å². The molecule has 1 aromatic rings. The second kappa shape index (κ2) is 6.25. The van der Waals surface area contributed by atoms with Crippen molar-refractivity contribution in [2.45, 2.75) is 32.4 Å². The Kier molecular flexibility index (Phi) is 4.39. The summed E-state index contributed by atoms with van der Waals surface area (Å²) in [5.74, 6) is 0. The van der Waals surface area contributed by atoms with Gasteiger partial charge in [0.15, 0.2) is 0 Å². The van der Waals surface area contributed by atoms with E-state index >= 15 is 0 Å². The Hall–Kier alpha value is -0.900. The molecule has 0 aliphatic carbocycles. The summed E-state index contributed by atoms with van der Waals surface area (Å²) in [7, 11) is 2.22. The first-order chi connectivity index (χ1) is 9.76. The molecule has 1 atom stereocenters. The van der Waals surface area contributed by atoms with Gasteiger partial charge < -0.3 is 10.2 Å². The molecule has 110 valence electrons. The average molecular weight is 273 g/mol. The van der Waals surface area contributed by atoms with Gasteiger partial charge in [0, 0.05) is 38.8 Å². The molecular weight excluding hydrogens is 246 g/mol. The lowest BCUT2D eigenvalue weighted by Gasteiger charge is -2.33. The third-order valence-corrected chi connectivity index (χ3v) is 4.78. The zero-order valence-corrected chi connectivity index (χ0v) is 12.9. The fraction of sp³-hybridized carbons (Fsp3) is 0.647. The van der Waals surface area contributed by atoms with Crippen LogP contribution in [0.15, 0.2) is 18.2 Å². The van der Waals surface area contributed by atoms with Crippen LogP contribution in [0.1, 0.15) is 36.1 Å². The van der Waals surface area contributed by atoms with Crippen molar-refractivity contribution in [2.24, 2.45) is 0 Å². The molecule has 0 amide bonds. The fourth-order valence-corrected chi connectivity index (χ4v) is 3.43. The van der Waals surface area contributed by atoms with Gasteiger partial charge in [-0.1, -0.05) is 25.1 Å². The van der Waals surface area contributed by atoms with Crippen LogP contribution in [0.3, 0.4) is 0 Å². The van der Waals surface area contributed by atoms with Crippen LogP contribution in [0.25, 0.3) is 0 Å². The molecule has 1 N–H and O–H groups in total. The molecule has 1 saturated heterocycles. The predicted octanol–water partition coefficient (Wildman–Crippen LogP) is 2.03. The van der Waals surface area contributed by atoms with Gasteiger partial charge in [0.25, 0.3) is 0 Å². The average Bonchev–Trinajstić information content (AvgIpc) is 2.49. The molecular formula is C17H27N3. The summed E-state index contributed by atoms with van der Waals surface area (Å²) in [4.78, 5) is 5.00. The van der Waals surface area contributed by atoms with Crippen molar-refractivity contribution in [1.82, 2.24) is 15.1 Å². The van der Waals surface area contributed by atoms with Gasteiger partial charge in [0.05, 0.1) is 0 Å². The fourth-order valence-electron chi connectivity index (χ4n) is 3.43. The van der Waals surface area contributed by atoms with Crippen LogP contribution in [-0.2, 0) is 13.0 Å². The molecule has 1 unspecified atom stereocenters. The van der Waals surface area contributed by atoms with Crippen molar-refractivity contribution in [2.75, 3.05) is 39.8 Å². The lowest BCUT2D eigenvalue weighted by Crippen LogP contribution is -2.43. The number of nitrogens with zero attached hydrogens (tertiary/aromatic N) is 2. The number of benzene rings is 1. The van der Waals surface area contributed by atoms with Crippen LogP contribution in [0.4, 0.5) is 0 Å². The molecule has 2 aliphatic rings. The third-order valence-electron chi connectivity index (χ3n) is 4.78. The Balaban J connectivity index is 1.69. The normalized spacial score (nSPS) is 24.6. The maximum Gasteiger partial charge on any atom is 0.0320 e. The topological polar surface area (TPSA) is 18.5 Å². The summed E-state index contributed by atoms with van der Waals surface area (Å²) in [6, 6.07) is 7.72. The number of fused-ring (bicyclic) bond motifs is 1. The highest BCUT2D eigenvalue weighted by Gasteiger charge is 2.19. The number of nitrogens with one attached hydrogen (secondary N) is 1. The van der Waals surface area contributed by atoms with Gasteiger partial charge in [-0.15, -0.1) is 0 Å². The number of hydrogen-bond acceptors (Lipinski definition) is 3. The predicted molar refractivity (Wildman–Crippen MR) is 84.0 cm³/mol. The zero-order chi connectivity index (χ0) is 13.9. The molecule has 1 aromatic carbocycles. The maximum atomic E-state index is 3.61. The number of piperazine rings is 1. The van der Waals surface area contributed by atoms with Crippen LogP contribution in [0, 0.1) is 0 Å². The highest BCUT2D eigenvalue weighted by molar-refractivity contribution is 5.36. The van der Waals surface area contributed by atoms with Gasteiger partial charge in [-0.2, -0.15) is 0 Å². The SMILES string of the molecule is CCC1NCCc2cc(CN3CCN(C)CC3)ccc21. The highest BCUT2D eigenvalue weighted by atomic mass is 15.2. The molecule has 0 bridgehead atoms. The first-order valence-electron chi connectivity index (χ1n) is 8.02. The molecule has 3 heteroatoms. The second-order valence-corrected chi connectivity index (χ2v) is 6.28. The van der Waals surface area contributed by atoms with Crippen molar-refractivity contribution in [3.05, 3.63) is 34.9 Å². The first-order valence-corrected chi connectivity index (χ1v) is 8.02. The molecule has 0 radical (unpaired) electrons. The molecule has 2 heterocycles. The molecule has 0 saturated carbocycles. The number of hydrogen-bond donors (Lipinski definition) is 1. The van der Waals surface area contributed by atoms with E-state index in [2.05, 4.69) is 47.3 Å². The Morgan fingerprint density at radius 3 is 2.75 bits per heavy atom. The molecule has 0 spiro atoms. The Morgan fingerprint density at radius 1 is 1.20 bits per heavy atom. The van der Waals surface area contributed by atoms with E-state index in [1.807, 2.05) is 0 Å². The lowest BCUT2D eigenvalue weighted by atomic mass is 9.91. The standard InChI is InChI=1S/C17H27N3/c1-3-17-16-5-4-14(12-15(16)6-7-18-17)13-20-10-8-19(2)9-11-20/h4-5,12,17-18H,3,6-11,13H2,1-2H3. The van der Waals surface area contributed by atoms with E-state index in [1.54, 1.807) is 5.56 Å². The van der Waals surface area contributed by atoms with Gasteiger partial charge in [0.1, 0.15) is 0 Å². The van der Waals surface area contributed by atoms with Crippen LogP contribution in [-0.4, -0.2) is 49.6 Å². The highest BCUT2D eigenvalue weighted by Crippen LogP contribution is 2.26. The van der Waals surface area contributed by atoms with E-state index in [1.165, 1.54) is 50.1 Å². The summed E-state index contributed by atoms with van der Waals surface area (Å²) < 4.78 is 0. The molecule has 0 aromatic heterocycles. The zero-order valence-electron chi connectivity index (χ0n) is 12.9. The quantitative estimate of drug-likeness (QED) is 0.909. The second-order valence-electron chi connectivity index (χ2n) is 6.28. The summed E-state index contributed by atoms with van der Waals surface area (Å²) in [5, 5.41) is 3.61. The first kappa shape index (κ1) is 14.1. The van der Waals surface area contributed by atoms with Crippen molar-refractivity contribution < 1.29 is 0 Å². The van der Waals surface area contributed by atoms with Crippen molar-refractivity contribution >= 4 is 0 Å². The largest absolute Gasteiger partial charge is 0.310 e. The number of likely N-dealkylation sites (N-methyl/N-ethyl adjacent to an activating group) is 1. The van der Waals surface area contributed by atoms with Gasteiger partial charge in [0.2, 0.25) is 0 Å². The Morgan fingerprint density at radius 2 is 2.00 bits per heavy atom. The summed E-state index contributed by atoms with van der Waals surface area (Å²) in [6.07, 6.45) is 2.37. The molecule has 3 rings (SSSR count). The molecule has 3 nitrogen and oxygen atoms in total. The van der Waals surface area contributed by atoms with Crippen LogP contribution in [0.5, 0.6) is 0 Å². The van der Waals surface area contributed by atoms with E-state index in [4.69, 9.17) is 0 Å². The van der Waals surface area contributed by atoms with Gasteiger partial charge in [-0.3, -0.25) is 4.90 Å². The summed E-state index contributed by atoms with van der Waals surface area (Å²) >= 11 is 0. The molecule has 20 heavy (non-hydrogen) atoms.